The Kier molecular flexibility index (Phi) is 5.64. The Bertz CT molecular complexity index is 1050. The van der Waals surface area contributed by atoms with Crippen LogP contribution < -0.4 is 10.6 Å². The molecule has 148 valence electrons. The van der Waals surface area contributed by atoms with Crippen molar-refractivity contribution in [3.63, 3.8) is 0 Å². The van der Waals surface area contributed by atoms with E-state index in [1.165, 1.54) is 11.8 Å². The molecule has 0 spiro atoms. The Labute approximate surface area is 177 Å². The zero-order valence-electron chi connectivity index (χ0n) is 16.1. The van der Waals surface area contributed by atoms with Gasteiger partial charge in [-0.1, -0.05) is 6.07 Å². The number of nitrogens with one attached hydrogen (secondary N) is 2. The number of thiophene rings is 1. The number of aryl methyl sites for hydroxylation is 1. The van der Waals surface area contributed by atoms with Crippen molar-refractivity contribution < 1.29 is 9.59 Å². The average Bonchev–Trinajstić information content (AvgIpc) is 3.43. The summed E-state index contributed by atoms with van der Waals surface area (Å²) in [6, 6.07) is 11.0. The molecule has 8 heteroatoms. The van der Waals surface area contributed by atoms with E-state index < -0.39 is 0 Å². The highest BCUT2D eigenvalue weighted by atomic mass is 32.2. The summed E-state index contributed by atoms with van der Waals surface area (Å²) in [6.45, 7) is 1.82. The van der Waals surface area contributed by atoms with Gasteiger partial charge in [0, 0.05) is 17.3 Å². The van der Waals surface area contributed by atoms with E-state index in [4.69, 9.17) is 0 Å². The van der Waals surface area contributed by atoms with Crippen molar-refractivity contribution in [3.05, 3.63) is 53.0 Å². The largest absolute Gasteiger partial charge is 0.326 e. The van der Waals surface area contributed by atoms with Crippen molar-refractivity contribution in [1.82, 2.24) is 9.97 Å². The van der Waals surface area contributed by atoms with Crippen LogP contribution in [0.5, 0.6) is 0 Å². The van der Waals surface area contributed by atoms with E-state index in [1.807, 2.05) is 30.7 Å². The molecule has 6 nitrogen and oxygen atoms in total. The molecular formula is C21H20N4O2S2. The number of amides is 2. The number of aromatic nitrogens is 2. The molecular weight excluding hydrogens is 404 g/mol. The Morgan fingerprint density at radius 2 is 1.76 bits per heavy atom. The quantitative estimate of drug-likeness (QED) is 0.437. The second kappa shape index (κ2) is 8.34. The predicted molar refractivity (Wildman–Crippen MR) is 118 cm³/mol. The summed E-state index contributed by atoms with van der Waals surface area (Å²) in [5.41, 5.74) is 2.49. The molecule has 1 aromatic carbocycles. The number of rotatable bonds is 6. The zero-order chi connectivity index (χ0) is 20.4. The maximum atomic E-state index is 12.9. The van der Waals surface area contributed by atoms with Gasteiger partial charge in [-0.2, -0.15) is 0 Å². The summed E-state index contributed by atoms with van der Waals surface area (Å²) >= 11 is 2.99. The molecule has 4 rings (SSSR count). The fourth-order valence-electron chi connectivity index (χ4n) is 2.89. The van der Waals surface area contributed by atoms with Crippen molar-refractivity contribution in [2.24, 2.45) is 5.92 Å². The van der Waals surface area contributed by atoms with Crippen LogP contribution >= 0.6 is 23.1 Å². The molecule has 2 heterocycles. The van der Waals surface area contributed by atoms with E-state index in [1.54, 1.807) is 35.6 Å². The lowest BCUT2D eigenvalue weighted by Crippen LogP contribution is -2.17. The molecule has 1 fully saturated rings. The summed E-state index contributed by atoms with van der Waals surface area (Å²) in [6.07, 6.45) is 3.82. The number of carbonyl (C=O) groups excluding carboxylic acids is 2. The second-order valence-corrected chi connectivity index (χ2v) is 8.53. The summed E-state index contributed by atoms with van der Waals surface area (Å²) in [7, 11) is 0. The molecule has 3 aromatic rings. The normalized spacial score (nSPS) is 13.2. The number of benzene rings is 1. The van der Waals surface area contributed by atoms with Gasteiger partial charge >= 0.3 is 0 Å². The Balaban J connectivity index is 1.51. The maximum Gasteiger partial charge on any atom is 0.260 e. The van der Waals surface area contributed by atoms with E-state index in [0.29, 0.717) is 27.8 Å². The number of hydrogen-bond acceptors (Lipinski definition) is 6. The molecule has 0 atom stereocenters. The molecule has 2 amide bonds. The molecule has 0 bridgehead atoms. The van der Waals surface area contributed by atoms with Gasteiger partial charge in [0.15, 0.2) is 5.82 Å². The molecule has 1 aliphatic carbocycles. The number of thioether (sulfide) groups is 1. The molecule has 0 radical (unpaired) electrons. The zero-order valence-corrected chi connectivity index (χ0v) is 17.7. The SMILES string of the molecule is CSc1nc(-c2cccs2)nc(C)c1C(=O)Nc1ccc(NC(=O)C2CC2)cc1. The fourth-order valence-corrected chi connectivity index (χ4v) is 4.17. The fraction of sp³-hybridized carbons (Fsp3) is 0.238. The van der Waals surface area contributed by atoms with Crippen LogP contribution in [0.4, 0.5) is 11.4 Å². The van der Waals surface area contributed by atoms with Crippen LogP contribution in [0.25, 0.3) is 10.7 Å². The van der Waals surface area contributed by atoms with E-state index in [0.717, 1.165) is 23.4 Å². The molecule has 0 unspecified atom stereocenters. The van der Waals surface area contributed by atoms with E-state index in [-0.39, 0.29) is 17.7 Å². The standard InChI is InChI=1S/C21H20N4O2S2/c1-12-17(21(28-2)25-18(22-12)16-4-3-11-29-16)20(27)24-15-9-7-14(8-10-15)23-19(26)13-5-6-13/h3-4,7-11,13H,5-6H2,1-2H3,(H,23,26)(H,24,27). The topological polar surface area (TPSA) is 84.0 Å². The van der Waals surface area contributed by atoms with Crippen LogP contribution in [0, 0.1) is 12.8 Å². The second-order valence-electron chi connectivity index (χ2n) is 6.79. The minimum Gasteiger partial charge on any atom is -0.326 e. The lowest BCUT2D eigenvalue weighted by Gasteiger charge is -2.12. The third kappa shape index (κ3) is 4.49. The molecule has 29 heavy (non-hydrogen) atoms. The van der Waals surface area contributed by atoms with Crippen LogP contribution in [0.1, 0.15) is 28.9 Å². The lowest BCUT2D eigenvalue weighted by molar-refractivity contribution is -0.117. The number of hydrogen-bond donors (Lipinski definition) is 2. The monoisotopic (exact) mass is 424 g/mol. The van der Waals surface area contributed by atoms with Gasteiger partial charge in [0.1, 0.15) is 5.03 Å². The van der Waals surface area contributed by atoms with E-state index >= 15 is 0 Å². The summed E-state index contributed by atoms with van der Waals surface area (Å²) in [4.78, 5) is 34.8. The first-order valence-electron chi connectivity index (χ1n) is 9.24. The third-order valence-electron chi connectivity index (χ3n) is 4.58. The van der Waals surface area contributed by atoms with Crippen molar-refractivity contribution in [1.29, 1.82) is 0 Å². The molecule has 0 aliphatic heterocycles. The smallest absolute Gasteiger partial charge is 0.260 e. The Hall–Kier alpha value is -2.71. The third-order valence-corrected chi connectivity index (χ3v) is 6.13. The van der Waals surface area contributed by atoms with Crippen LogP contribution in [0.3, 0.4) is 0 Å². The van der Waals surface area contributed by atoms with Gasteiger partial charge < -0.3 is 10.6 Å². The van der Waals surface area contributed by atoms with E-state index in [2.05, 4.69) is 20.6 Å². The first-order valence-corrected chi connectivity index (χ1v) is 11.3. The van der Waals surface area contributed by atoms with Gasteiger partial charge in [-0.3, -0.25) is 9.59 Å². The first-order chi connectivity index (χ1) is 14.0. The summed E-state index contributed by atoms with van der Waals surface area (Å²) in [5, 5.41) is 8.41. The van der Waals surface area contributed by atoms with Gasteiger partial charge in [0.05, 0.1) is 16.1 Å². The number of carbonyl (C=O) groups is 2. The highest BCUT2D eigenvalue weighted by Crippen LogP contribution is 2.30. The maximum absolute atomic E-state index is 12.9. The first kappa shape index (κ1) is 19.6. The van der Waals surface area contributed by atoms with Crippen LogP contribution in [0.2, 0.25) is 0 Å². The molecule has 0 saturated heterocycles. The minimum atomic E-state index is -0.251. The highest BCUT2D eigenvalue weighted by Gasteiger charge is 2.29. The van der Waals surface area contributed by atoms with Crippen LogP contribution in [-0.4, -0.2) is 28.0 Å². The van der Waals surface area contributed by atoms with Gasteiger partial charge in [0.25, 0.3) is 5.91 Å². The Morgan fingerprint density at radius 1 is 1.07 bits per heavy atom. The van der Waals surface area contributed by atoms with Crippen molar-refractivity contribution in [2.75, 3.05) is 16.9 Å². The molecule has 1 saturated carbocycles. The van der Waals surface area contributed by atoms with Crippen LogP contribution in [0.15, 0.2) is 46.8 Å². The average molecular weight is 425 g/mol. The van der Waals surface area contributed by atoms with Crippen LogP contribution in [-0.2, 0) is 4.79 Å². The molecule has 1 aliphatic rings. The number of anilines is 2. The Morgan fingerprint density at radius 3 is 2.34 bits per heavy atom. The van der Waals surface area contributed by atoms with Gasteiger partial charge in [-0.25, -0.2) is 9.97 Å². The van der Waals surface area contributed by atoms with E-state index in [9.17, 15) is 9.59 Å². The molecule has 2 aromatic heterocycles. The van der Waals surface area contributed by atoms with Gasteiger partial charge in [-0.05, 0) is 61.7 Å². The summed E-state index contributed by atoms with van der Waals surface area (Å²) in [5.74, 6) is 0.595. The van der Waals surface area contributed by atoms with Gasteiger partial charge in [0.2, 0.25) is 5.91 Å². The minimum absolute atomic E-state index is 0.0602. The van der Waals surface area contributed by atoms with Gasteiger partial charge in [-0.15, -0.1) is 23.1 Å². The van der Waals surface area contributed by atoms with Crippen molar-refractivity contribution in [3.8, 4) is 10.7 Å². The van der Waals surface area contributed by atoms with Crippen molar-refractivity contribution >= 4 is 46.3 Å². The summed E-state index contributed by atoms with van der Waals surface area (Å²) < 4.78 is 0. The highest BCUT2D eigenvalue weighted by molar-refractivity contribution is 7.98. The van der Waals surface area contributed by atoms with Crippen molar-refractivity contribution in [2.45, 2.75) is 24.8 Å². The lowest BCUT2D eigenvalue weighted by atomic mass is 10.2. The molecule has 2 N–H and O–H groups in total. The predicted octanol–water partition coefficient (Wildman–Crippen LogP) is 4.84. The number of nitrogens with zero attached hydrogens (tertiary/aromatic N) is 2.